The molecule has 0 aromatic carbocycles. The van der Waals surface area contributed by atoms with E-state index in [1.54, 1.807) is 10.9 Å². The molecule has 2 atom stereocenters. The molecule has 112 valence electrons. The largest absolute Gasteiger partial charge is 0.493 e. The lowest BCUT2D eigenvalue weighted by Gasteiger charge is -2.15. The van der Waals surface area contributed by atoms with Crippen LogP contribution in [0, 0.1) is 5.92 Å². The zero-order chi connectivity index (χ0) is 14.7. The van der Waals surface area contributed by atoms with E-state index in [2.05, 4.69) is 5.10 Å². The number of hydrogen-bond acceptors (Lipinski definition) is 6. The van der Waals surface area contributed by atoms with E-state index in [4.69, 9.17) is 15.2 Å². The molecule has 20 heavy (non-hydrogen) atoms. The van der Waals surface area contributed by atoms with Gasteiger partial charge in [-0.1, -0.05) is 0 Å². The molecule has 2 heterocycles. The van der Waals surface area contributed by atoms with Gasteiger partial charge in [0.1, 0.15) is 5.69 Å². The number of carbonyl (C=O) groups excluding carboxylic acids is 1. The van der Waals surface area contributed by atoms with Gasteiger partial charge in [-0.3, -0.25) is 9.48 Å². The minimum Gasteiger partial charge on any atom is -0.493 e. The van der Waals surface area contributed by atoms with Crippen molar-refractivity contribution in [1.29, 1.82) is 0 Å². The first-order valence-corrected chi connectivity index (χ1v) is 6.66. The normalized spacial score (nSPS) is 22.4. The number of rotatable bonds is 6. The Bertz CT molecular complexity index is 472. The maximum atomic E-state index is 12.6. The molecular formula is C13H22N4O3. The number of aromatic nitrogens is 2. The second-order valence-corrected chi connectivity index (χ2v) is 5.26. The van der Waals surface area contributed by atoms with E-state index in [1.807, 2.05) is 19.0 Å². The average Bonchev–Trinajstić information content (AvgIpc) is 3.01. The fourth-order valence-electron chi connectivity index (χ4n) is 2.25. The van der Waals surface area contributed by atoms with E-state index >= 15 is 0 Å². The number of likely N-dealkylation sites (N-methyl/N-ethyl adjacent to an activating group) is 1. The van der Waals surface area contributed by atoms with Crippen LogP contribution in [0.25, 0.3) is 0 Å². The molecule has 7 heteroatoms. The highest BCUT2D eigenvalue weighted by atomic mass is 16.5. The molecule has 1 fully saturated rings. The highest BCUT2D eigenvalue weighted by Crippen LogP contribution is 2.24. The van der Waals surface area contributed by atoms with Crippen LogP contribution in [0.5, 0.6) is 5.75 Å². The molecular weight excluding hydrogens is 260 g/mol. The van der Waals surface area contributed by atoms with Gasteiger partial charge in [-0.25, -0.2) is 0 Å². The predicted octanol–water partition coefficient (Wildman–Crippen LogP) is -0.390. The lowest BCUT2D eigenvalue weighted by atomic mass is 9.96. The molecule has 1 aromatic rings. The molecule has 1 aromatic heterocycles. The summed E-state index contributed by atoms with van der Waals surface area (Å²) in [5, 5.41) is 4.24. The summed E-state index contributed by atoms with van der Waals surface area (Å²) in [6.07, 6.45) is 1.57. The smallest absolute Gasteiger partial charge is 0.191 e. The van der Waals surface area contributed by atoms with Crippen LogP contribution in [0.3, 0.4) is 0 Å². The second-order valence-electron chi connectivity index (χ2n) is 5.26. The van der Waals surface area contributed by atoms with Crippen LogP contribution < -0.4 is 10.5 Å². The molecule has 0 bridgehead atoms. The zero-order valence-corrected chi connectivity index (χ0v) is 12.2. The van der Waals surface area contributed by atoms with Crippen molar-refractivity contribution < 1.29 is 14.3 Å². The molecule has 2 N–H and O–H groups in total. The van der Waals surface area contributed by atoms with Crippen LogP contribution in [0.2, 0.25) is 0 Å². The Labute approximate surface area is 118 Å². The lowest BCUT2D eigenvalue weighted by Crippen LogP contribution is -2.35. The van der Waals surface area contributed by atoms with Gasteiger partial charge < -0.3 is 20.1 Å². The van der Waals surface area contributed by atoms with E-state index in [0.29, 0.717) is 31.2 Å². The maximum Gasteiger partial charge on any atom is 0.191 e. The third-order valence-corrected chi connectivity index (χ3v) is 3.48. The van der Waals surface area contributed by atoms with Crippen molar-refractivity contribution >= 4 is 5.78 Å². The summed E-state index contributed by atoms with van der Waals surface area (Å²) in [4.78, 5) is 14.7. The van der Waals surface area contributed by atoms with Gasteiger partial charge in [-0.05, 0) is 14.1 Å². The Morgan fingerprint density at radius 3 is 2.90 bits per heavy atom. The molecule has 1 aliphatic rings. The van der Waals surface area contributed by atoms with Crippen LogP contribution in [0.15, 0.2) is 6.20 Å². The SMILES string of the molecule is COc1cnn(CCN(C)C)c1C(=O)C1COCC1N. The number of Topliss-reactive ketones (excluding diaryl/α,β-unsaturated/α-hetero) is 1. The zero-order valence-electron chi connectivity index (χ0n) is 12.2. The lowest BCUT2D eigenvalue weighted by molar-refractivity contribution is 0.0881. The van der Waals surface area contributed by atoms with Crippen LogP contribution in [0.4, 0.5) is 0 Å². The molecule has 0 spiro atoms. The van der Waals surface area contributed by atoms with Gasteiger partial charge in [0.25, 0.3) is 0 Å². The van der Waals surface area contributed by atoms with E-state index in [1.165, 1.54) is 7.11 Å². The minimum absolute atomic E-state index is 0.0527. The van der Waals surface area contributed by atoms with Crippen LogP contribution in [-0.2, 0) is 11.3 Å². The molecule has 0 saturated carbocycles. The van der Waals surface area contributed by atoms with Gasteiger partial charge in [-0.15, -0.1) is 0 Å². The van der Waals surface area contributed by atoms with Crippen LogP contribution in [0.1, 0.15) is 10.5 Å². The molecule has 0 aliphatic carbocycles. The molecule has 2 rings (SSSR count). The summed E-state index contributed by atoms with van der Waals surface area (Å²) in [7, 11) is 5.49. The number of nitrogens with two attached hydrogens (primary N) is 1. The quantitative estimate of drug-likeness (QED) is 0.716. The molecule has 1 aliphatic heterocycles. The molecule has 7 nitrogen and oxygen atoms in total. The second kappa shape index (κ2) is 6.34. The number of methoxy groups -OCH3 is 1. The van der Waals surface area contributed by atoms with E-state index in [0.717, 1.165) is 6.54 Å². The number of nitrogens with zero attached hydrogens (tertiary/aromatic N) is 3. The molecule has 0 amide bonds. The van der Waals surface area contributed by atoms with Crippen molar-refractivity contribution in [3.8, 4) is 5.75 Å². The van der Waals surface area contributed by atoms with Crippen LogP contribution in [-0.4, -0.2) is 67.5 Å². The van der Waals surface area contributed by atoms with Crippen molar-refractivity contribution in [3.63, 3.8) is 0 Å². The third kappa shape index (κ3) is 3.00. The van der Waals surface area contributed by atoms with Crippen molar-refractivity contribution in [2.24, 2.45) is 11.7 Å². The highest BCUT2D eigenvalue weighted by molar-refractivity contribution is 5.99. The summed E-state index contributed by atoms with van der Waals surface area (Å²) >= 11 is 0. The number of ether oxygens (including phenoxy) is 2. The summed E-state index contributed by atoms with van der Waals surface area (Å²) in [6.45, 7) is 2.20. The predicted molar refractivity (Wildman–Crippen MR) is 73.9 cm³/mol. The van der Waals surface area contributed by atoms with E-state index in [9.17, 15) is 4.79 Å². The van der Waals surface area contributed by atoms with Crippen LogP contribution >= 0.6 is 0 Å². The summed E-state index contributed by atoms with van der Waals surface area (Å²) in [6, 6.07) is -0.260. The van der Waals surface area contributed by atoms with Gasteiger partial charge in [0.2, 0.25) is 0 Å². The monoisotopic (exact) mass is 282 g/mol. The number of ketones is 1. The van der Waals surface area contributed by atoms with E-state index < -0.39 is 0 Å². The Kier molecular flexibility index (Phi) is 4.74. The maximum absolute atomic E-state index is 12.6. The minimum atomic E-state index is -0.321. The molecule has 2 unspecified atom stereocenters. The number of carbonyl (C=O) groups is 1. The van der Waals surface area contributed by atoms with E-state index in [-0.39, 0.29) is 17.7 Å². The third-order valence-electron chi connectivity index (χ3n) is 3.48. The fourth-order valence-corrected chi connectivity index (χ4v) is 2.25. The summed E-state index contributed by atoms with van der Waals surface area (Å²) in [5.74, 6) is 0.120. The average molecular weight is 282 g/mol. The Morgan fingerprint density at radius 1 is 1.60 bits per heavy atom. The van der Waals surface area contributed by atoms with Crippen molar-refractivity contribution in [3.05, 3.63) is 11.9 Å². The first-order valence-electron chi connectivity index (χ1n) is 6.66. The van der Waals surface area contributed by atoms with Gasteiger partial charge >= 0.3 is 0 Å². The van der Waals surface area contributed by atoms with Gasteiger partial charge in [0, 0.05) is 12.6 Å². The van der Waals surface area contributed by atoms with Crippen molar-refractivity contribution in [2.45, 2.75) is 12.6 Å². The Balaban J connectivity index is 2.23. The van der Waals surface area contributed by atoms with Gasteiger partial charge in [-0.2, -0.15) is 5.10 Å². The van der Waals surface area contributed by atoms with Gasteiger partial charge in [0.15, 0.2) is 11.5 Å². The molecule has 1 saturated heterocycles. The Morgan fingerprint density at radius 2 is 2.35 bits per heavy atom. The Hall–Kier alpha value is -1.44. The first kappa shape index (κ1) is 15.0. The van der Waals surface area contributed by atoms with Crippen molar-refractivity contribution in [2.75, 3.05) is 41.0 Å². The standard InChI is InChI=1S/C13H22N4O3/c1-16(2)4-5-17-12(11(19-3)6-15-17)13(18)9-7-20-8-10(9)14/h6,9-10H,4-5,7-8,14H2,1-3H3. The fraction of sp³-hybridized carbons (Fsp3) is 0.692. The number of hydrogen-bond donors (Lipinski definition) is 1. The highest BCUT2D eigenvalue weighted by Gasteiger charge is 2.35. The summed E-state index contributed by atoms with van der Waals surface area (Å²) in [5.41, 5.74) is 6.41. The summed E-state index contributed by atoms with van der Waals surface area (Å²) < 4.78 is 12.2. The van der Waals surface area contributed by atoms with Crippen molar-refractivity contribution in [1.82, 2.24) is 14.7 Å². The first-order chi connectivity index (χ1) is 9.54. The topological polar surface area (TPSA) is 82.6 Å². The molecule has 0 radical (unpaired) electrons. The van der Waals surface area contributed by atoms with Gasteiger partial charge in [0.05, 0.1) is 39.0 Å².